The van der Waals surface area contributed by atoms with Crippen LogP contribution in [0.15, 0.2) is 46.9 Å². The molecule has 0 aliphatic carbocycles. The van der Waals surface area contributed by atoms with Gasteiger partial charge in [-0.2, -0.15) is 0 Å². The maximum Gasteiger partial charge on any atom is 0.165 e. The molecule has 0 saturated heterocycles. The Kier molecular flexibility index (Phi) is 5.37. The van der Waals surface area contributed by atoms with Gasteiger partial charge in [-0.1, -0.05) is 40.2 Å². The molecule has 2 rings (SSSR count). The van der Waals surface area contributed by atoms with Crippen LogP contribution in [-0.4, -0.2) is 7.11 Å². The Balaban J connectivity index is 2.12. The van der Waals surface area contributed by atoms with Crippen molar-refractivity contribution >= 4 is 15.9 Å². The van der Waals surface area contributed by atoms with E-state index < -0.39 is 0 Å². The molecule has 0 aliphatic heterocycles. The maximum atomic E-state index is 13.8. The van der Waals surface area contributed by atoms with Gasteiger partial charge in [0.2, 0.25) is 0 Å². The lowest BCUT2D eigenvalue weighted by atomic mass is 10.0. The summed E-state index contributed by atoms with van der Waals surface area (Å²) >= 11 is 3.56. The van der Waals surface area contributed by atoms with Crippen LogP contribution < -0.4 is 10.1 Å². The summed E-state index contributed by atoms with van der Waals surface area (Å²) < 4.78 is 19.8. The van der Waals surface area contributed by atoms with Crippen LogP contribution in [0, 0.1) is 5.82 Å². The molecule has 0 fully saturated rings. The zero-order valence-corrected chi connectivity index (χ0v) is 13.9. The van der Waals surface area contributed by atoms with Crippen LogP contribution >= 0.6 is 15.9 Å². The summed E-state index contributed by atoms with van der Waals surface area (Å²) in [6.45, 7) is 4.12. The van der Waals surface area contributed by atoms with Gasteiger partial charge < -0.3 is 10.1 Å². The SMILES string of the molecule is COc1ccc(C(C)N[C@H](C)c2ccccc2Br)cc1F. The van der Waals surface area contributed by atoms with Crippen LogP contribution in [0.5, 0.6) is 5.75 Å². The molecule has 1 N–H and O–H groups in total. The van der Waals surface area contributed by atoms with Crippen molar-refractivity contribution in [2.24, 2.45) is 0 Å². The van der Waals surface area contributed by atoms with Crippen molar-refractivity contribution in [1.29, 1.82) is 0 Å². The summed E-state index contributed by atoms with van der Waals surface area (Å²) in [7, 11) is 1.47. The molecular formula is C17H19BrFNO. The van der Waals surface area contributed by atoms with Gasteiger partial charge in [-0.25, -0.2) is 4.39 Å². The number of halogens is 2. The molecule has 0 heterocycles. The van der Waals surface area contributed by atoms with Gasteiger partial charge in [-0.05, 0) is 43.2 Å². The van der Waals surface area contributed by atoms with Gasteiger partial charge in [0.25, 0.3) is 0 Å². The fraction of sp³-hybridized carbons (Fsp3) is 0.294. The first-order chi connectivity index (χ1) is 10.0. The monoisotopic (exact) mass is 351 g/mol. The van der Waals surface area contributed by atoms with Crippen molar-refractivity contribution in [3.8, 4) is 5.75 Å². The molecule has 4 heteroatoms. The van der Waals surface area contributed by atoms with E-state index in [0.29, 0.717) is 0 Å². The minimum Gasteiger partial charge on any atom is -0.494 e. The van der Waals surface area contributed by atoms with Crippen LogP contribution in [0.1, 0.15) is 37.1 Å². The highest BCUT2D eigenvalue weighted by Gasteiger charge is 2.14. The normalized spacial score (nSPS) is 13.8. The molecule has 0 aromatic heterocycles. The standard InChI is InChI=1S/C17H19BrFNO/c1-11(13-8-9-17(21-3)16(19)10-13)20-12(2)14-6-4-5-7-15(14)18/h4-12,20H,1-3H3/t11?,12-/m1/s1. The zero-order chi connectivity index (χ0) is 15.4. The first kappa shape index (κ1) is 16.0. The van der Waals surface area contributed by atoms with Crippen molar-refractivity contribution < 1.29 is 9.13 Å². The van der Waals surface area contributed by atoms with Crippen molar-refractivity contribution in [3.63, 3.8) is 0 Å². The molecule has 0 aliphatic rings. The van der Waals surface area contributed by atoms with E-state index in [1.54, 1.807) is 6.07 Å². The zero-order valence-electron chi connectivity index (χ0n) is 12.4. The summed E-state index contributed by atoms with van der Waals surface area (Å²) in [5, 5.41) is 3.48. The first-order valence-electron chi connectivity index (χ1n) is 6.87. The highest BCUT2D eigenvalue weighted by atomic mass is 79.9. The Hall–Kier alpha value is -1.39. The number of benzene rings is 2. The maximum absolute atomic E-state index is 13.8. The quantitative estimate of drug-likeness (QED) is 0.817. The van der Waals surface area contributed by atoms with Crippen molar-refractivity contribution in [3.05, 3.63) is 63.9 Å². The number of hydrogen-bond acceptors (Lipinski definition) is 2. The van der Waals surface area contributed by atoms with Crippen LogP contribution in [0.2, 0.25) is 0 Å². The Labute approximate surface area is 133 Å². The van der Waals surface area contributed by atoms with Gasteiger partial charge >= 0.3 is 0 Å². The molecule has 0 radical (unpaired) electrons. The molecule has 1 unspecified atom stereocenters. The third-order valence-corrected chi connectivity index (χ3v) is 4.27. The molecule has 0 saturated carbocycles. The van der Waals surface area contributed by atoms with Crippen molar-refractivity contribution in [2.75, 3.05) is 7.11 Å². The van der Waals surface area contributed by atoms with Crippen LogP contribution in [0.3, 0.4) is 0 Å². The fourth-order valence-electron chi connectivity index (χ4n) is 2.34. The molecular weight excluding hydrogens is 333 g/mol. The highest BCUT2D eigenvalue weighted by Crippen LogP contribution is 2.27. The van der Waals surface area contributed by atoms with Crippen LogP contribution in [0.25, 0.3) is 0 Å². The van der Waals surface area contributed by atoms with Crippen LogP contribution in [-0.2, 0) is 0 Å². The van der Waals surface area contributed by atoms with E-state index in [1.807, 2.05) is 31.2 Å². The number of rotatable bonds is 5. The Bertz CT molecular complexity index is 617. The van der Waals surface area contributed by atoms with E-state index in [2.05, 4.69) is 34.2 Å². The van der Waals surface area contributed by atoms with E-state index in [-0.39, 0.29) is 23.7 Å². The Morgan fingerprint density at radius 2 is 1.81 bits per heavy atom. The molecule has 0 bridgehead atoms. The van der Waals surface area contributed by atoms with Crippen molar-refractivity contribution in [2.45, 2.75) is 25.9 Å². The van der Waals surface area contributed by atoms with Gasteiger partial charge in [-0.3, -0.25) is 0 Å². The lowest BCUT2D eigenvalue weighted by Crippen LogP contribution is -2.22. The van der Waals surface area contributed by atoms with E-state index in [0.717, 1.165) is 10.0 Å². The molecule has 2 aromatic carbocycles. The fourth-order valence-corrected chi connectivity index (χ4v) is 2.97. The van der Waals surface area contributed by atoms with Gasteiger partial charge in [0.15, 0.2) is 11.6 Å². The summed E-state index contributed by atoms with van der Waals surface area (Å²) in [5.74, 6) is -0.0676. The second-order valence-electron chi connectivity index (χ2n) is 5.03. The number of nitrogens with one attached hydrogen (secondary N) is 1. The largest absolute Gasteiger partial charge is 0.494 e. The molecule has 21 heavy (non-hydrogen) atoms. The van der Waals surface area contributed by atoms with Crippen LogP contribution in [0.4, 0.5) is 4.39 Å². The second kappa shape index (κ2) is 7.05. The molecule has 2 atom stereocenters. The average Bonchev–Trinajstić information content (AvgIpc) is 2.47. The minimum absolute atomic E-state index is 0.0347. The molecule has 112 valence electrons. The third-order valence-electron chi connectivity index (χ3n) is 3.55. The van der Waals surface area contributed by atoms with E-state index >= 15 is 0 Å². The summed E-state index contributed by atoms with van der Waals surface area (Å²) in [6, 6.07) is 13.3. The molecule has 2 aromatic rings. The molecule has 0 amide bonds. The van der Waals surface area contributed by atoms with Crippen molar-refractivity contribution in [1.82, 2.24) is 5.32 Å². The van der Waals surface area contributed by atoms with E-state index in [1.165, 1.54) is 18.7 Å². The predicted molar refractivity (Wildman–Crippen MR) is 87.1 cm³/mol. The number of hydrogen-bond donors (Lipinski definition) is 1. The summed E-state index contributed by atoms with van der Waals surface area (Å²) in [6.07, 6.45) is 0. The summed E-state index contributed by atoms with van der Waals surface area (Å²) in [4.78, 5) is 0. The van der Waals surface area contributed by atoms with Gasteiger partial charge in [0.1, 0.15) is 0 Å². The average molecular weight is 352 g/mol. The lowest BCUT2D eigenvalue weighted by Gasteiger charge is -2.22. The van der Waals surface area contributed by atoms with Gasteiger partial charge in [0, 0.05) is 16.6 Å². The van der Waals surface area contributed by atoms with Gasteiger partial charge in [-0.15, -0.1) is 0 Å². The topological polar surface area (TPSA) is 21.3 Å². The Morgan fingerprint density at radius 3 is 2.43 bits per heavy atom. The molecule has 0 spiro atoms. The highest BCUT2D eigenvalue weighted by molar-refractivity contribution is 9.10. The Morgan fingerprint density at radius 1 is 1.10 bits per heavy atom. The second-order valence-corrected chi connectivity index (χ2v) is 5.88. The third kappa shape index (κ3) is 3.83. The van der Waals surface area contributed by atoms with E-state index in [4.69, 9.17) is 4.74 Å². The number of methoxy groups -OCH3 is 1. The summed E-state index contributed by atoms with van der Waals surface area (Å²) in [5.41, 5.74) is 2.07. The first-order valence-corrected chi connectivity index (χ1v) is 7.66. The van der Waals surface area contributed by atoms with Gasteiger partial charge in [0.05, 0.1) is 7.11 Å². The minimum atomic E-state index is -0.336. The predicted octanol–water partition coefficient (Wildman–Crippen LogP) is 5.01. The smallest absolute Gasteiger partial charge is 0.165 e. The number of ether oxygens (including phenoxy) is 1. The molecule has 2 nitrogen and oxygen atoms in total. The van der Waals surface area contributed by atoms with E-state index in [9.17, 15) is 4.39 Å². The lowest BCUT2D eigenvalue weighted by molar-refractivity contribution is 0.385.